The highest BCUT2D eigenvalue weighted by atomic mass is 19.4. The van der Waals surface area contributed by atoms with E-state index in [1.54, 1.807) is 0 Å². The monoisotopic (exact) mass is 702 g/mol. The number of H-pyrrole nitrogens is 1. The molecule has 2 heterocycles. The standard InChI is InChI=1S/C29H38N4O2.2C2HF3O2/c1-3-25(34)11-5-4-6-12-26(29(35)31-18-21-15-16-33(2)20-21)28-30-19-27(32-28)24-14-13-22-9-7-8-10-23(22)17-24;2*3-2(4,5)1(6)7/h7-10,13-14,17,19,21,26H,3-6,11-12,15-16,18,20H2,1-2H3,(H,30,32)(H,31,35);2*(H,6,7). The topological polar surface area (TPSA) is 153 Å². The smallest absolute Gasteiger partial charge is 0.475 e. The lowest BCUT2D eigenvalue weighted by atomic mass is 9.98. The number of imidazole rings is 1. The summed E-state index contributed by atoms with van der Waals surface area (Å²) in [6.07, 6.45) is -2.52. The molecule has 1 aromatic heterocycles. The molecule has 0 aliphatic carbocycles. The number of hydrogen-bond donors (Lipinski definition) is 4. The van der Waals surface area contributed by atoms with Crippen LogP contribution in [0.25, 0.3) is 22.0 Å². The van der Waals surface area contributed by atoms with Gasteiger partial charge in [-0.1, -0.05) is 56.2 Å². The lowest BCUT2D eigenvalue weighted by molar-refractivity contribution is -0.193. The summed E-state index contributed by atoms with van der Waals surface area (Å²) in [6, 6.07) is 14.7. The van der Waals surface area contributed by atoms with Crippen molar-refractivity contribution in [1.82, 2.24) is 20.2 Å². The van der Waals surface area contributed by atoms with Gasteiger partial charge in [-0.05, 0) is 55.6 Å². The molecule has 1 amide bonds. The van der Waals surface area contributed by atoms with Crippen LogP contribution in [0.15, 0.2) is 48.7 Å². The molecule has 1 fully saturated rings. The molecule has 4 rings (SSSR count). The Balaban J connectivity index is 0.000000500. The van der Waals surface area contributed by atoms with E-state index in [1.165, 1.54) is 10.8 Å². The highest BCUT2D eigenvalue weighted by Gasteiger charge is 2.39. The Bertz CT molecular complexity index is 1520. The number of alkyl halides is 6. The van der Waals surface area contributed by atoms with Gasteiger partial charge in [-0.2, -0.15) is 26.3 Å². The minimum absolute atomic E-state index is 0.0450. The normalized spacial score (nSPS) is 15.4. The fourth-order valence-electron chi connectivity index (χ4n) is 4.99. The van der Waals surface area contributed by atoms with Crippen molar-refractivity contribution in [2.24, 2.45) is 5.92 Å². The highest BCUT2D eigenvalue weighted by Crippen LogP contribution is 2.27. The highest BCUT2D eigenvalue weighted by molar-refractivity contribution is 5.87. The SMILES string of the molecule is CCC(=O)CCCCCC(C(=O)NCC1CCN(C)C1)c1ncc(-c2ccc3ccccc3c2)[nH]1.O=C(O)C(F)(F)F.O=C(O)C(F)(F)F. The molecule has 1 aliphatic heterocycles. The number of aromatic nitrogens is 2. The fraction of sp³-hybridized carbons (Fsp3) is 0.485. The summed E-state index contributed by atoms with van der Waals surface area (Å²) in [5.41, 5.74) is 1.99. The minimum Gasteiger partial charge on any atom is -0.475 e. The molecule has 3 aromatic rings. The van der Waals surface area contributed by atoms with Gasteiger partial charge in [0.2, 0.25) is 5.91 Å². The fourth-order valence-corrected chi connectivity index (χ4v) is 4.99. The van der Waals surface area contributed by atoms with E-state index in [1.807, 2.05) is 25.3 Å². The predicted molar refractivity (Wildman–Crippen MR) is 169 cm³/mol. The number of aromatic amines is 1. The van der Waals surface area contributed by atoms with Crippen molar-refractivity contribution in [3.63, 3.8) is 0 Å². The number of carbonyl (C=O) groups excluding carboxylic acids is 2. The predicted octanol–water partition coefficient (Wildman–Crippen LogP) is 6.58. The van der Waals surface area contributed by atoms with Crippen LogP contribution in [0.5, 0.6) is 0 Å². The number of amides is 1. The first-order chi connectivity index (χ1) is 22.9. The summed E-state index contributed by atoms with van der Waals surface area (Å²) in [6.45, 7) is 4.74. The summed E-state index contributed by atoms with van der Waals surface area (Å²) < 4.78 is 63.5. The number of ketones is 1. The van der Waals surface area contributed by atoms with E-state index in [4.69, 9.17) is 19.8 Å². The van der Waals surface area contributed by atoms with Gasteiger partial charge in [0.25, 0.3) is 0 Å². The number of hydrogen-bond acceptors (Lipinski definition) is 6. The Kier molecular flexibility index (Phi) is 15.7. The molecule has 10 nitrogen and oxygen atoms in total. The van der Waals surface area contributed by atoms with Crippen LogP contribution >= 0.6 is 0 Å². The Morgan fingerprint density at radius 2 is 1.57 bits per heavy atom. The zero-order valence-corrected chi connectivity index (χ0v) is 27.0. The van der Waals surface area contributed by atoms with E-state index in [-0.39, 0.29) is 11.8 Å². The molecule has 4 N–H and O–H groups in total. The van der Waals surface area contributed by atoms with Gasteiger partial charge in [-0.25, -0.2) is 14.6 Å². The number of fused-ring (bicyclic) bond motifs is 1. The molecule has 16 heteroatoms. The second-order valence-corrected chi connectivity index (χ2v) is 11.6. The van der Waals surface area contributed by atoms with Gasteiger partial charge in [0.05, 0.1) is 17.8 Å². The largest absolute Gasteiger partial charge is 0.490 e. The van der Waals surface area contributed by atoms with E-state index in [9.17, 15) is 35.9 Å². The molecule has 2 unspecified atom stereocenters. The van der Waals surface area contributed by atoms with Crippen LogP contribution in [0, 0.1) is 5.92 Å². The van der Waals surface area contributed by atoms with Crippen molar-refractivity contribution in [3.05, 3.63) is 54.5 Å². The molecule has 1 aliphatic rings. The maximum atomic E-state index is 13.3. The van der Waals surface area contributed by atoms with Crippen molar-refractivity contribution in [2.75, 3.05) is 26.7 Å². The van der Waals surface area contributed by atoms with Crippen LogP contribution in [-0.2, 0) is 19.2 Å². The second kappa shape index (κ2) is 18.9. The first-order valence-electron chi connectivity index (χ1n) is 15.5. The number of likely N-dealkylation sites (tertiary alicyclic amines) is 1. The molecular weight excluding hydrogens is 662 g/mol. The number of carboxylic acid groups (broad SMARTS) is 2. The zero-order chi connectivity index (χ0) is 36.8. The average molecular weight is 703 g/mol. The average Bonchev–Trinajstić information content (AvgIpc) is 3.70. The van der Waals surface area contributed by atoms with Crippen molar-refractivity contribution < 1.29 is 55.7 Å². The quantitative estimate of drug-likeness (QED) is 0.122. The van der Waals surface area contributed by atoms with E-state index in [0.29, 0.717) is 31.1 Å². The van der Waals surface area contributed by atoms with Crippen LogP contribution in [0.2, 0.25) is 0 Å². The van der Waals surface area contributed by atoms with Gasteiger partial charge < -0.3 is 25.4 Å². The Labute approximate surface area is 278 Å². The Morgan fingerprint density at radius 1 is 0.959 bits per heavy atom. The summed E-state index contributed by atoms with van der Waals surface area (Å²) in [5.74, 6) is -4.24. The van der Waals surface area contributed by atoms with Gasteiger partial charge in [0.1, 0.15) is 11.6 Å². The van der Waals surface area contributed by atoms with Crippen molar-refractivity contribution in [2.45, 2.75) is 70.1 Å². The molecule has 0 bridgehead atoms. The number of carboxylic acids is 2. The molecule has 49 heavy (non-hydrogen) atoms. The molecular formula is C33H40F6N4O6. The third kappa shape index (κ3) is 14.3. The lowest BCUT2D eigenvalue weighted by Gasteiger charge is -2.17. The maximum absolute atomic E-state index is 13.3. The van der Waals surface area contributed by atoms with E-state index in [0.717, 1.165) is 62.3 Å². The van der Waals surface area contributed by atoms with Crippen molar-refractivity contribution in [3.8, 4) is 11.3 Å². The Hall–Kier alpha value is -4.47. The van der Waals surface area contributed by atoms with Crippen LogP contribution in [-0.4, -0.2) is 87.7 Å². The van der Waals surface area contributed by atoms with Crippen LogP contribution in [0.4, 0.5) is 26.3 Å². The lowest BCUT2D eigenvalue weighted by Crippen LogP contribution is -2.34. The van der Waals surface area contributed by atoms with Crippen molar-refractivity contribution >= 4 is 34.4 Å². The molecule has 2 aromatic carbocycles. The zero-order valence-electron chi connectivity index (χ0n) is 27.0. The number of aliphatic carboxylic acids is 2. The second-order valence-electron chi connectivity index (χ2n) is 11.6. The van der Waals surface area contributed by atoms with Crippen LogP contribution in [0.3, 0.4) is 0 Å². The van der Waals surface area contributed by atoms with Crippen LogP contribution < -0.4 is 5.32 Å². The number of carbonyl (C=O) groups is 4. The number of halogens is 6. The first kappa shape index (κ1) is 40.7. The number of rotatable bonds is 12. The van der Waals surface area contributed by atoms with Crippen LogP contribution in [0.1, 0.15) is 63.6 Å². The van der Waals surface area contributed by atoms with E-state index in [2.05, 4.69) is 57.6 Å². The summed E-state index contributed by atoms with van der Waals surface area (Å²) in [4.78, 5) is 53.1. The third-order valence-electron chi connectivity index (χ3n) is 7.68. The number of unbranched alkanes of at least 4 members (excludes halogenated alkanes) is 2. The summed E-state index contributed by atoms with van der Waals surface area (Å²) in [7, 11) is 2.13. The minimum atomic E-state index is -5.08. The molecule has 270 valence electrons. The first-order valence-corrected chi connectivity index (χ1v) is 15.5. The molecule has 0 saturated carbocycles. The third-order valence-corrected chi connectivity index (χ3v) is 7.68. The molecule has 0 spiro atoms. The number of Topliss-reactive ketones (excluding diaryl/α,β-unsaturated/α-hetero) is 1. The number of nitrogens with one attached hydrogen (secondary N) is 2. The van der Waals surface area contributed by atoms with Gasteiger partial charge >= 0.3 is 24.3 Å². The molecule has 2 atom stereocenters. The molecule has 0 radical (unpaired) electrons. The van der Waals surface area contributed by atoms with Gasteiger partial charge in [-0.3, -0.25) is 9.59 Å². The van der Waals surface area contributed by atoms with Gasteiger partial charge in [0.15, 0.2) is 0 Å². The summed E-state index contributed by atoms with van der Waals surface area (Å²) >= 11 is 0. The summed E-state index contributed by atoms with van der Waals surface area (Å²) in [5, 5.41) is 19.8. The number of nitrogens with zero attached hydrogens (tertiary/aromatic N) is 2. The molecule has 1 saturated heterocycles. The Morgan fingerprint density at radius 3 is 2.12 bits per heavy atom. The van der Waals surface area contributed by atoms with E-state index < -0.39 is 24.3 Å². The van der Waals surface area contributed by atoms with Crippen molar-refractivity contribution in [1.29, 1.82) is 0 Å². The van der Waals surface area contributed by atoms with Gasteiger partial charge in [0, 0.05) is 31.5 Å². The maximum Gasteiger partial charge on any atom is 0.490 e. The van der Waals surface area contributed by atoms with E-state index >= 15 is 0 Å². The number of benzene rings is 2. The van der Waals surface area contributed by atoms with Gasteiger partial charge in [-0.15, -0.1) is 0 Å².